The topological polar surface area (TPSA) is 37.3 Å². The molecule has 0 aromatic heterocycles. The standard InChI is InChI=1S/C11H13Br.CHClO2/c1-8-6-10(7-8)9-2-4-11(12)5-3-9;2-1(3)4/h2-5,8,10H,6-7H2,1H3;(H,3,4). The summed E-state index contributed by atoms with van der Waals surface area (Å²) in [7, 11) is 0. The maximum Gasteiger partial charge on any atom is 0.401 e. The van der Waals surface area contributed by atoms with Crippen LogP contribution in [0.25, 0.3) is 0 Å². The molecule has 2 rings (SSSR count). The zero-order valence-corrected chi connectivity index (χ0v) is 11.3. The van der Waals surface area contributed by atoms with E-state index >= 15 is 0 Å². The third kappa shape index (κ3) is 4.54. The molecular formula is C12H14BrClO2. The highest BCUT2D eigenvalue weighted by Crippen LogP contribution is 2.41. The summed E-state index contributed by atoms with van der Waals surface area (Å²) in [6, 6.07) is 8.75. The first-order chi connectivity index (χ1) is 7.49. The molecule has 0 unspecified atom stereocenters. The first-order valence-electron chi connectivity index (χ1n) is 5.13. The van der Waals surface area contributed by atoms with Gasteiger partial charge >= 0.3 is 5.43 Å². The van der Waals surface area contributed by atoms with Crippen LogP contribution in [0.5, 0.6) is 0 Å². The highest BCUT2D eigenvalue weighted by molar-refractivity contribution is 9.10. The van der Waals surface area contributed by atoms with Gasteiger partial charge in [-0.3, -0.25) is 0 Å². The number of halogens is 2. The molecule has 1 saturated carbocycles. The first kappa shape index (κ1) is 13.5. The number of carboxylic acid groups (broad SMARTS) is 1. The number of benzene rings is 1. The molecule has 1 N–H and O–H groups in total. The average molecular weight is 306 g/mol. The summed E-state index contributed by atoms with van der Waals surface area (Å²) in [5, 5.41) is 7.18. The van der Waals surface area contributed by atoms with Crippen molar-refractivity contribution in [2.24, 2.45) is 5.92 Å². The fraction of sp³-hybridized carbons (Fsp3) is 0.417. The molecule has 0 spiro atoms. The number of rotatable bonds is 1. The molecule has 1 aliphatic rings. The lowest BCUT2D eigenvalue weighted by atomic mass is 9.72. The largest absolute Gasteiger partial charge is 0.469 e. The van der Waals surface area contributed by atoms with Gasteiger partial charge in [0.2, 0.25) is 0 Å². The quantitative estimate of drug-likeness (QED) is 0.752. The van der Waals surface area contributed by atoms with Crippen LogP contribution >= 0.6 is 27.5 Å². The Bertz CT molecular complexity index is 341. The zero-order chi connectivity index (χ0) is 12.1. The molecule has 0 bridgehead atoms. The fourth-order valence-corrected chi connectivity index (χ4v) is 2.17. The van der Waals surface area contributed by atoms with E-state index in [1.807, 2.05) is 0 Å². The van der Waals surface area contributed by atoms with Gasteiger partial charge in [-0.2, -0.15) is 0 Å². The van der Waals surface area contributed by atoms with Gasteiger partial charge in [0.1, 0.15) is 0 Å². The van der Waals surface area contributed by atoms with E-state index in [9.17, 15) is 0 Å². The fourth-order valence-electron chi connectivity index (χ4n) is 1.91. The number of hydrogen-bond donors (Lipinski definition) is 1. The monoisotopic (exact) mass is 304 g/mol. The summed E-state index contributed by atoms with van der Waals surface area (Å²) < 4.78 is 1.18. The van der Waals surface area contributed by atoms with Crippen molar-refractivity contribution in [3.63, 3.8) is 0 Å². The molecule has 88 valence electrons. The summed E-state index contributed by atoms with van der Waals surface area (Å²) in [6.45, 7) is 2.33. The molecule has 1 fully saturated rings. The normalized spacial score (nSPS) is 22.7. The van der Waals surface area contributed by atoms with E-state index < -0.39 is 5.43 Å². The van der Waals surface area contributed by atoms with Gasteiger partial charge in [-0.1, -0.05) is 35.0 Å². The Hall–Kier alpha value is -0.540. The van der Waals surface area contributed by atoms with Crippen molar-refractivity contribution in [1.29, 1.82) is 0 Å². The minimum absolute atomic E-state index is 0.841. The molecule has 0 heterocycles. The van der Waals surface area contributed by atoms with Gasteiger partial charge in [0, 0.05) is 16.1 Å². The van der Waals surface area contributed by atoms with Crippen molar-refractivity contribution in [3.8, 4) is 0 Å². The van der Waals surface area contributed by atoms with Crippen LogP contribution in [0.1, 0.15) is 31.2 Å². The molecule has 0 saturated heterocycles. The maximum absolute atomic E-state index is 8.77. The van der Waals surface area contributed by atoms with Crippen LogP contribution in [0.4, 0.5) is 4.79 Å². The van der Waals surface area contributed by atoms with E-state index in [-0.39, 0.29) is 0 Å². The molecular weight excluding hydrogens is 291 g/mol. The van der Waals surface area contributed by atoms with Crippen LogP contribution in [0.3, 0.4) is 0 Å². The minimum atomic E-state index is -1.36. The summed E-state index contributed by atoms with van der Waals surface area (Å²) in [6.07, 6.45) is 2.75. The van der Waals surface area contributed by atoms with E-state index in [2.05, 4.69) is 58.7 Å². The number of carbonyl (C=O) groups is 1. The van der Waals surface area contributed by atoms with Crippen molar-refractivity contribution in [2.45, 2.75) is 25.7 Å². The van der Waals surface area contributed by atoms with Crippen LogP contribution < -0.4 is 0 Å². The lowest BCUT2D eigenvalue weighted by Gasteiger charge is -2.33. The van der Waals surface area contributed by atoms with Gasteiger partial charge in [-0.15, -0.1) is 0 Å². The Kier molecular flexibility index (Phi) is 5.29. The predicted molar refractivity (Wildman–Crippen MR) is 69.2 cm³/mol. The second kappa shape index (κ2) is 6.26. The molecule has 2 nitrogen and oxygen atoms in total. The van der Waals surface area contributed by atoms with Gasteiger partial charge in [-0.05, 0) is 42.4 Å². The lowest BCUT2D eigenvalue weighted by molar-refractivity contribution is 0.220. The Morgan fingerprint density at radius 2 is 1.81 bits per heavy atom. The Balaban J connectivity index is 0.000000280. The molecule has 0 radical (unpaired) electrons. The molecule has 1 aromatic carbocycles. The summed E-state index contributed by atoms with van der Waals surface area (Å²) in [5.41, 5.74) is 0.149. The van der Waals surface area contributed by atoms with Crippen molar-refractivity contribution < 1.29 is 9.90 Å². The van der Waals surface area contributed by atoms with E-state index in [0.717, 1.165) is 11.8 Å². The minimum Gasteiger partial charge on any atom is -0.469 e. The molecule has 1 aliphatic carbocycles. The second-order valence-corrected chi connectivity index (χ2v) is 5.32. The molecule has 4 heteroatoms. The first-order valence-corrected chi connectivity index (χ1v) is 6.30. The van der Waals surface area contributed by atoms with Crippen LogP contribution in [0.2, 0.25) is 0 Å². The summed E-state index contributed by atoms with van der Waals surface area (Å²) in [5.74, 6) is 1.78. The van der Waals surface area contributed by atoms with E-state index in [1.54, 1.807) is 0 Å². The Labute approximate surface area is 109 Å². The molecule has 0 atom stereocenters. The SMILES string of the molecule is CC1CC(c2ccc(Br)cc2)C1.O=C(O)Cl. The van der Waals surface area contributed by atoms with E-state index in [0.29, 0.717) is 0 Å². The Morgan fingerprint density at radius 3 is 2.19 bits per heavy atom. The van der Waals surface area contributed by atoms with E-state index in [4.69, 9.17) is 9.90 Å². The van der Waals surface area contributed by atoms with Gasteiger partial charge in [-0.25, -0.2) is 4.79 Å². The van der Waals surface area contributed by atoms with Crippen molar-refractivity contribution in [3.05, 3.63) is 34.3 Å². The summed E-state index contributed by atoms with van der Waals surface area (Å²) in [4.78, 5) is 8.77. The summed E-state index contributed by atoms with van der Waals surface area (Å²) >= 11 is 7.64. The number of hydrogen-bond acceptors (Lipinski definition) is 1. The molecule has 0 aliphatic heterocycles. The smallest absolute Gasteiger partial charge is 0.401 e. The van der Waals surface area contributed by atoms with Crippen LogP contribution in [-0.4, -0.2) is 10.5 Å². The molecule has 0 amide bonds. The van der Waals surface area contributed by atoms with Crippen LogP contribution in [0.15, 0.2) is 28.7 Å². The third-order valence-corrected chi connectivity index (χ3v) is 3.24. The van der Waals surface area contributed by atoms with E-state index in [1.165, 1.54) is 22.9 Å². The van der Waals surface area contributed by atoms with Gasteiger partial charge in [0.05, 0.1) is 0 Å². The predicted octanol–water partition coefficient (Wildman–Crippen LogP) is 4.87. The zero-order valence-electron chi connectivity index (χ0n) is 8.99. The van der Waals surface area contributed by atoms with Gasteiger partial charge < -0.3 is 5.11 Å². The van der Waals surface area contributed by atoms with Crippen LogP contribution in [-0.2, 0) is 0 Å². The van der Waals surface area contributed by atoms with Gasteiger partial charge in [0.15, 0.2) is 0 Å². The lowest BCUT2D eigenvalue weighted by Crippen LogP contribution is -2.18. The maximum atomic E-state index is 8.77. The molecule has 16 heavy (non-hydrogen) atoms. The van der Waals surface area contributed by atoms with Crippen LogP contribution in [0, 0.1) is 5.92 Å². The average Bonchev–Trinajstić information content (AvgIpc) is 2.14. The second-order valence-electron chi connectivity index (χ2n) is 4.08. The van der Waals surface area contributed by atoms with Gasteiger partial charge in [0.25, 0.3) is 0 Å². The molecule has 1 aromatic rings. The highest BCUT2D eigenvalue weighted by Gasteiger charge is 2.26. The third-order valence-electron chi connectivity index (χ3n) is 2.72. The van der Waals surface area contributed by atoms with Crippen molar-refractivity contribution in [2.75, 3.05) is 0 Å². The van der Waals surface area contributed by atoms with Crippen molar-refractivity contribution >= 4 is 33.0 Å². The van der Waals surface area contributed by atoms with Crippen molar-refractivity contribution in [1.82, 2.24) is 0 Å². The highest BCUT2D eigenvalue weighted by atomic mass is 79.9. The Morgan fingerprint density at radius 1 is 1.38 bits per heavy atom.